The SMILES string of the molecule is CC(C)(C)NS(=O)(=O)c1cc(NC(=O)NCc2ccccc2)ccc1-c1cnc(N2CCC(O)CC2)s1. The molecule has 2 aromatic carbocycles. The third kappa shape index (κ3) is 7.29. The van der Waals surface area contributed by atoms with Crippen LogP contribution >= 0.6 is 11.3 Å². The Morgan fingerprint density at radius 2 is 1.84 bits per heavy atom. The first-order valence-electron chi connectivity index (χ1n) is 12.2. The molecule has 37 heavy (non-hydrogen) atoms. The van der Waals surface area contributed by atoms with Gasteiger partial charge in [0.25, 0.3) is 0 Å². The molecular formula is C26H33N5O4S2. The number of piperidine rings is 1. The van der Waals surface area contributed by atoms with Gasteiger partial charge in [-0.25, -0.2) is 22.9 Å². The molecule has 4 rings (SSSR count). The summed E-state index contributed by atoms with van der Waals surface area (Å²) < 4.78 is 29.6. The molecule has 2 heterocycles. The average Bonchev–Trinajstić information content (AvgIpc) is 3.32. The lowest BCUT2D eigenvalue weighted by Crippen LogP contribution is -2.40. The summed E-state index contributed by atoms with van der Waals surface area (Å²) in [5.74, 6) is 0. The Morgan fingerprint density at radius 1 is 1.14 bits per heavy atom. The minimum absolute atomic E-state index is 0.0625. The summed E-state index contributed by atoms with van der Waals surface area (Å²) in [5, 5.41) is 16.1. The molecule has 11 heteroatoms. The molecule has 3 aromatic rings. The molecule has 1 aliphatic rings. The molecule has 0 bridgehead atoms. The van der Waals surface area contributed by atoms with E-state index in [4.69, 9.17) is 0 Å². The minimum Gasteiger partial charge on any atom is -0.393 e. The number of aromatic nitrogens is 1. The van der Waals surface area contributed by atoms with Crippen LogP contribution in [0.4, 0.5) is 15.6 Å². The monoisotopic (exact) mass is 543 g/mol. The number of amides is 2. The highest BCUT2D eigenvalue weighted by molar-refractivity contribution is 7.89. The summed E-state index contributed by atoms with van der Waals surface area (Å²) in [6.07, 6.45) is 2.74. The standard InChI is InChI=1S/C26H33N5O4S2/c1-26(2,3)30-37(34,35)23-15-19(29-24(33)27-16-18-7-5-4-6-8-18)9-10-21(23)22-17-28-25(36-22)31-13-11-20(32)12-14-31/h4-10,15,17,20,30,32H,11-14,16H2,1-3H3,(H2,27,29,33). The second-order valence-electron chi connectivity index (χ2n) is 10.1. The zero-order chi connectivity index (χ0) is 26.6. The fourth-order valence-corrected chi connectivity index (χ4v) is 6.77. The van der Waals surface area contributed by atoms with Gasteiger partial charge in [-0.1, -0.05) is 47.7 Å². The molecule has 1 aromatic heterocycles. The Labute approximate surface area is 222 Å². The van der Waals surface area contributed by atoms with Crippen molar-refractivity contribution in [2.75, 3.05) is 23.3 Å². The van der Waals surface area contributed by atoms with Crippen molar-refractivity contribution in [3.8, 4) is 10.4 Å². The van der Waals surface area contributed by atoms with E-state index in [1.807, 2.05) is 30.3 Å². The van der Waals surface area contributed by atoms with Crippen LogP contribution in [0.1, 0.15) is 39.2 Å². The summed E-state index contributed by atoms with van der Waals surface area (Å²) in [4.78, 5) is 19.9. The van der Waals surface area contributed by atoms with Crippen molar-refractivity contribution >= 4 is 38.2 Å². The third-order valence-corrected chi connectivity index (χ3v) is 8.65. The van der Waals surface area contributed by atoms with Crippen LogP contribution in [0.2, 0.25) is 0 Å². The van der Waals surface area contributed by atoms with Crippen LogP contribution in [0.5, 0.6) is 0 Å². The minimum atomic E-state index is -3.92. The Morgan fingerprint density at radius 3 is 2.51 bits per heavy atom. The third-order valence-electron chi connectivity index (χ3n) is 5.76. The van der Waals surface area contributed by atoms with E-state index in [1.165, 1.54) is 17.4 Å². The van der Waals surface area contributed by atoms with Gasteiger partial charge in [0, 0.05) is 42.6 Å². The predicted molar refractivity (Wildman–Crippen MR) is 147 cm³/mol. The smallest absolute Gasteiger partial charge is 0.319 e. The fourth-order valence-electron chi connectivity index (χ4n) is 4.03. The van der Waals surface area contributed by atoms with Crippen LogP contribution < -0.4 is 20.3 Å². The van der Waals surface area contributed by atoms with Gasteiger partial charge in [-0.3, -0.25) is 0 Å². The number of aliphatic hydroxyl groups is 1. The quantitative estimate of drug-likeness (QED) is 0.355. The highest BCUT2D eigenvalue weighted by Gasteiger charge is 2.27. The van der Waals surface area contributed by atoms with E-state index >= 15 is 0 Å². The van der Waals surface area contributed by atoms with Crippen LogP contribution in [-0.2, 0) is 16.6 Å². The van der Waals surface area contributed by atoms with Crippen molar-refractivity contribution in [1.29, 1.82) is 0 Å². The summed E-state index contributed by atoms with van der Waals surface area (Å²) in [6, 6.07) is 13.9. The first kappa shape index (κ1) is 27.1. The van der Waals surface area contributed by atoms with Gasteiger partial charge in [-0.15, -0.1) is 0 Å². The van der Waals surface area contributed by atoms with Crippen LogP contribution in [0.25, 0.3) is 10.4 Å². The fraction of sp³-hybridized carbons (Fsp3) is 0.385. The number of benzene rings is 2. The number of thiazole rings is 1. The van der Waals surface area contributed by atoms with Crippen molar-refractivity contribution in [2.24, 2.45) is 0 Å². The summed E-state index contributed by atoms with van der Waals surface area (Å²) in [6.45, 7) is 7.08. The number of aliphatic hydroxyl groups excluding tert-OH is 1. The molecule has 9 nitrogen and oxygen atoms in total. The van der Waals surface area contributed by atoms with E-state index in [2.05, 4.69) is 25.2 Å². The van der Waals surface area contributed by atoms with Gasteiger partial charge in [-0.2, -0.15) is 0 Å². The van der Waals surface area contributed by atoms with E-state index < -0.39 is 21.6 Å². The van der Waals surface area contributed by atoms with E-state index in [-0.39, 0.29) is 11.0 Å². The van der Waals surface area contributed by atoms with Crippen molar-refractivity contribution < 1.29 is 18.3 Å². The first-order valence-corrected chi connectivity index (χ1v) is 14.5. The molecule has 1 saturated heterocycles. The zero-order valence-corrected chi connectivity index (χ0v) is 22.8. The first-order chi connectivity index (χ1) is 17.5. The number of rotatable bonds is 7. The molecule has 0 saturated carbocycles. The van der Waals surface area contributed by atoms with Crippen molar-refractivity contribution in [3.63, 3.8) is 0 Å². The molecule has 0 spiro atoms. The van der Waals surface area contributed by atoms with E-state index in [9.17, 15) is 18.3 Å². The Hall–Kier alpha value is -2.99. The maximum atomic E-state index is 13.4. The molecule has 1 aliphatic heterocycles. The van der Waals surface area contributed by atoms with Gasteiger partial charge in [0.1, 0.15) is 0 Å². The number of sulfonamides is 1. The van der Waals surface area contributed by atoms with Gasteiger partial charge >= 0.3 is 6.03 Å². The van der Waals surface area contributed by atoms with Gasteiger partial charge in [0.2, 0.25) is 10.0 Å². The predicted octanol–water partition coefficient (Wildman–Crippen LogP) is 4.17. The highest BCUT2D eigenvalue weighted by atomic mass is 32.2. The molecule has 0 atom stereocenters. The number of urea groups is 1. The normalized spacial score (nSPS) is 15.0. The number of nitrogens with one attached hydrogen (secondary N) is 3. The molecule has 2 amide bonds. The summed E-state index contributed by atoms with van der Waals surface area (Å²) >= 11 is 1.41. The lowest BCUT2D eigenvalue weighted by atomic mass is 10.1. The van der Waals surface area contributed by atoms with E-state index in [0.29, 0.717) is 48.6 Å². The van der Waals surface area contributed by atoms with Crippen LogP contribution in [0, 0.1) is 0 Å². The van der Waals surface area contributed by atoms with E-state index in [0.717, 1.165) is 10.7 Å². The van der Waals surface area contributed by atoms with Gasteiger partial charge in [0.05, 0.1) is 15.9 Å². The van der Waals surface area contributed by atoms with Crippen LogP contribution in [0.3, 0.4) is 0 Å². The largest absolute Gasteiger partial charge is 0.393 e. The maximum absolute atomic E-state index is 13.4. The van der Waals surface area contributed by atoms with Crippen molar-refractivity contribution in [3.05, 3.63) is 60.3 Å². The average molecular weight is 544 g/mol. The molecule has 0 unspecified atom stereocenters. The Kier molecular flexibility index (Phi) is 8.17. The molecule has 0 radical (unpaired) electrons. The van der Waals surface area contributed by atoms with Gasteiger partial charge in [-0.05, 0) is 51.3 Å². The summed E-state index contributed by atoms with van der Waals surface area (Å²) in [7, 11) is -3.92. The van der Waals surface area contributed by atoms with Gasteiger partial charge in [0.15, 0.2) is 5.13 Å². The molecular weight excluding hydrogens is 510 g/mol. The highest BCUT2D eigenvalue weighted by Crippen LogP contribution is 2.37. The molecule has 4 N–H and O–H groups in total. The zero-order valence-electron chi connectivity index (χ0n) is 21.2. The topological polar surface area (TPSA) is 124 Å². The Bertz CT molecular complexity index is 1330. The number of carbonyl (C=O) groups is 1. The van der Waals surface area contributed by atoms with Crippen molar-refractivity contribution in [1.82, 2.24) is 15.0 Å². The second-order valence-corrected chi connectivity index (χ2v) is 12.7. The van der Waals surface area contributed by atoms with Crippen LogP contribution in [0.15, 0.2) is 59.6 Å². The molecule has 0 aliphatic carbocycles. The van der Waals surface area contributed by atoms with Gasteiger partial charge < -0.3 is 20.6 Å². The van der Waals surface area contributed by atoms with Crippen molar-refractivity contribution in [2.45, 2.75) is 56.7 Å². The lowest BCUT2D eigenvalue weighted by Gasteiger charge is -2.29. The Balaban J connectivity index is 1.60. The number of carbonyl (C=O) groups excluding carboxylic acids is 1. The molecule has 198 valence electrons. The number of hydrogen-bond donors (Lipinski definition) is 4. The maximum Gasteiger partial charge on any atom is 0.319 e. The van der Waals surface area contributed by atoms with Crippen LogP contribution in [-0.4, -0.2) is 49.3 Å². The number of nitrogens with zero attached hydrogens (tertiary/aromatic N) is 2. The lowest BCUT2D eigenvalue weighted by molar-refractivity contribution is 0.145. The molecule has 1 fully saturated rings. The van der Waals surface area contributed by atoms with E-state index in [1.54, 1.807) is 39.1 Å². The number of anilines is 2. The summed E-state index contributed by atoms with van der Waals surface area (Å²) in [5.41, 5.74) is 1.13. The number of hydrogen-bond acceptors (Lipinski definition) is 7. The second kappa shape index (κ2) is 11.2.